The Kier molecular flexibility index (Phi) is 4.80. The van der Waals surface area contributed by atoms with E-state index in [4.69, 9.17) is 17.3 Å². The fourth-order valence-electron chi connectivity index (χ4n) is 1.64. The summed E-state index contributed by atoms with van der Waals surface area (Å²) < 4.78 is 0.828. The first-order chi connectivity index (χ1) is 9.88. The monoisotopic (exact) mass is 368 g/mol. The number of carbonyl (C=O) groups is 1. The lowest BCUT2D eigenvalue weighted by atomic mass is 10.2. The quantitative estimate of drug-likeness (QED) is 0.861. The van der Waals surface area contributed by atoms with Crippen LogP contribution in [-0.2, 0) is 0 Å². The van der Waals surface area contributed by atoms with Crippen LogP contribution in [0.5, 0.6) is 0 Å². The van der Waals surface area contributed by atoms with Crippen molar-refractivity contribution in [2.75, 3.05) is 11.1 Å². The SMILES string of the molecule is CC(C)c1ncc(N)c(C(=O)Nc2ccc(Br)cc2Cl)n1. The van der Waals surface area contributed by atoms with Gasteiger partial charge in [0.15, 0.2) is 5.69 Å². The number of nitrogen functional groups attached to an aromatic ring is 1. The number of hydrogen-bond acceptors (Lipinski definition) is 4. The molecule has 2 aromatic rings. The Morgan fingerprint density at radius 1 is 1.43 bits per heavy atom. The van der Waals surface area contributed by atoms with Gasteiger partial charge in [-0.2, -0.15) is 0 Å². The largest absolute Gasteiger partial charge is 0.396 e. The van der Waals surface area contributed by atoms with Gasteiger partial charge in [0.25, 0.3) is 5.91 Å². The number of amides is 1. The molecule has 0 aliphatic heterocycles. The van der Waals surface area contributed by atoms with Crippen molar-refractivity contribution >= 4 is 44.8 Å². The molecule has 2 rings (SSSR count). The van der Waals surface area contributed by atoms with Gasteiger partial charge in [0.1, 0.15) is 5.82 Å². The fourth-order valence-corrected chi connectivity index (χ4v) is 2.36. The zero-order valence-corrected chi connectivity index (χ0v) is 13.9. The molecule has 0 atom stereocenters. The van der Waals surface area contributed by atoms with Crippen molar-refractivity contribution in [2.24, 2.45) is 0 Å². The minimum absolute atomic E-state index is 0.105. The predicted octanol–water partition coefficient (Wildman–Crippen LogP) is 3.85. The molecule has 0 radical (unpaired) electrons. The number of carbonyl (C=O) groups excluding carboxylic acids is 1. The van der Waals surface area contributed by atoms with Gasteiger partial charge in [-0.05, 0) is 18.2 Å². The number of anilines is 2. The summed E-state index contributed by atoms with van der Waals surface area (Å²) in [5.41, 5.74) is 6.65. The summed E-state index contributed by atoms with van der Waals surface area (Å²) in [7, 11) is 0. The van der Waals surface area contributed by atoms with E-state index in [1.54, 1.807) is 18.2 Å². The number of nitrogens with one attached hydrogen (secondary N) is 1. The van der Waals surface area contributed by atoms with Gasteiger partial charge in [-0.15, -0.1) is 0 Å². The lowest BCUT2D eigenvalue weighted by molar-refractivity contribution is 0.102. The third-order valence-corrected chi connectivity index (χ3v) is 3.55. The van der Waals surface area contributed by atoms with Crippen LogP contribution in [0.1, 0.15) is 36.1 Å². The van der Waals surface area contributed by atoms with Gasteiger partial charge in [-0.3, -0.25) is 4.79 Å². The smallest absolute Gasteiger partial charge is 0.276 e. The number of rotatable bonds is 3. The summed E-state index contributed by atoms with van der Waals surface area (Å²) in [5.74, 6) is 0.255. The minimum atomic E-state index is -0.416. The van der Waals surface area contributed by atoms with Gasteiger partial charge in [0, 0.05) is 10.4 Å². The van der Waals surface area contributed by atoms with Crippen LogP contribution < -0.4 is 11.1 Å². The van der Waals surface area contributed by atoms with E-state index in [9.17, 15) is 4.79 Å². The molecule has 21 heavy (non-hydrogen) atoms. The molecule has 0 aliphatic carbocycles. The normalized spacial score (nSPS) is 10.7. The maximum Gasteiger partial charge on any atom is 0.276 e. The first-order valence-corrected chi connectivity index (χ1v) is 7.44. The highest BCUT2D eigenvalue weighted by Crippen LogP contribution is 2.26. The Bertz CT molecular complexity index is 691. The molecule has 0 aliphatic rings. The van der Waals surface area contributed by atoms with Crippen LogP contribution in [0.3, 0.4) is 0 Å². The highest BCUT2D eigenvalue weighted by Gasteiger charge is 2.16. The number of aromatic nitrogens is 2. The molecule has 0 saturated carbocycles. The molecule has 0 fully saturated rings. The maximum atomic E-state index is 12.3. The van der Waals surface area contributed by atoms with E-state index < -0.39 is 5.91 Å². The van der Waals surface area contributed by atoms with Crippen LogP contribution in [0.15, 0.2) is 28.9 Å². The molecule has 3 N–H and O–H groups in total. The Labute approximate surface area is 136 Å². The first kappa shape index (κ1) is 15.7. The Morgan fingerprint density at radius 2 is 2.14 bits per heavy atom. The van der Waals surface area contributed by atoms with E-state index >= 15 is 0 Å². The van der Waals surface area contributed by atoms with Crippen molar-refractivity contribution < 1.29 is 4.79 Å². The molecule has 0 spiro atoms. The van der Waals surface area contributed by atoms with Gasteiger partial charge < -0.3 is 11.1 Å². The molecule has 0 saturated heterocycles. The average molecular weight is 370 g/mol. The van der Waals surface area contributed by atoms with Gasteiger partial charge in [0.05, 0.1) is 22.6 Å². The molecule has 1 aromatic heterocycles. The summed E-state index contributed by atoms with van der Waals surface area (Å²) in [6, 6.07) is 5.18. The Balaban J connectivity index is 2.30. The second kappa shape index (κ2) is 6.41. The summed E-state index contributed by atoms with van der Waals surface area (Å²) in [6.07, 6.45) is 1.44. The van der Waals surface area contributed by atoms with Crippen molar-refractivity contribution in [2.45, 2.75) is 19.8 Å². The number of nitrogens with zero attached hydrogens (tertiary/aromatic N) is 2. The number of nitrogens with two attached hydrogens (primary N) is 1. The number of benzene rings is 1. The van der Waals surface area contributed by atoms with E-state index in [-0.39, 0.29) is 17.3 Å². The molecule has 0 bridgehead atoms. The predicted molar refractivity (Wildman–Crippen MR) is 87.6 cm³/mol. The molecule has 1 heterocycles. The summed E-state index contributed by atoms with van der Waals surface area (Å²) in [5, 5.41) is 3.12. The highest BCUT2D eigenvalue weighted by molar-refractivity contribution is 9.10. The zero-order chi connectivity index (χ0) is 15.6. The average Bonchev–Trinajstić information content (AvgIpc) is 2.42. The molecule has 7 heteroatoms. The van der Waals surface area contributed by atoms with E-state index in [0.717, 1.165) is 4.47 Å². The standard InChI is InChI=1S/C14H14BrClN4O/c1-7(2)13-18-6-10(17)12(20-13)14(21)19-11-4-3-8(15)5-9(11)16/h3-7H,17H2,1-2H3,(H,19,21). The minimum Gasteiger partial charge on any atom is -0.396 e. The Hall–Kier alpha value is -1.66. The second-order valence-electron chi connectivity index (χ2n) is 4.77. The molecule has 1 amide bonds. The van der Waals surface area contributed by atoms with Gasteiger partial charge in [-0.25, -0.2) is 9.97 Å². The van der Waals surface area contributed by atoms with E-state index in [1.165, 1.54) is 6.20 Å². The lowest BCUT2D eigenvalue weighted by Crippen LogP contribution is -2.18. The van der Waals surface area contributed by atoms with Crippen molar-refractivity contribution in [1.29, 1.82) is 0 Å². The van der Waals surface area contributed by atoms with Crippen LogP contribution in [0, 0.1) is 0 Å². The third-order valence-electron chi connectivity index (χ3n) is 2.75. The number of hydrogen-bond donors (Lipinski definition) is 2. The van der Waals surface area contributed by atoms with Crippen molar-refractivity contribution in [3.8, 4) is 0 Å². The fraction of sp³-hybridized carbons (Fsp3) is 0.214. The molecule has 1 aromatic carbocycles. The van der Waals surface area contributed by atoms with Crippen molar-refractivity contribution in [3.05, 3.63) is 45.4 Å². The molecule has 5 nitrogen and oxygen atoms in total. The summed E-state index contributed by atoms with van der Waals surface area (Å²) >= 11 is 9.38. The molecule has 110 valence electrons. The van der Waals surface area contributed by atoms with Gasteiger partial charge in [0.2, 0.25) is 0 Å². The van der Waals surface area contributed by atoms with Crippen molar-refractivity contribution in [1.82, 2.24) is 9.97 Å². The number of halogens is 2. The van der Waals surface area contributed by atoms with Crippen LogP contribution in [0.25, 0.3) is 0 Å². The van der Waals surface area contributed by atoms with Crippen molar-refractivity contribution in [3.63, 3.8) is 0 Å². The van der Waals surface area contributed by atoms with Crippen LogP contribution >= 0.6 is 27.5 Å². The summed E-state index contributed by atoms with van der Waals surface area (Å²) in [4.78, 5) is 20.6. The third kappa shape index (κ3) is 3.71. The molecular formula is C14H14BrClN4O. The van der Waals surface area contributed by atoms with Crippen LogP contribution in [0.4, 0.5) is 11.4 Å². The second-order valence-corrected chi connectivity index (χ2v) is 6.09. The maximum absolute atomic E-state index is 12.3. The van der Waals surface area contributed by atoms with Gasteiger partial charge >= 0.3 is 0 Å². The first-order valence-electron chi connectivity index (χ1n) is 6.27. The zero-order valence-electron chi connectivity index (χ0n) is 11.5. The van der Waals surface area contributed by atoms with E-state index in [2.05, 4.69) is 31.2 Å². The Morgan fingerprint density at radius 3 is 2.76 bits per heavy atom. The van der Waals surface area contributed by atoms with E-state index in [0.29, 0.717) is 16.5 Å². The topological polar surface area (TPSA) is 80.9 Å². The van der Waals surface area contributed by atoms with Crippen LogP contribution in [-0.4, -0.2) is 15.9 Å². The van der Waals surface area contributed by atoms with Crippen LogP contribution in [0.2, 0.25) is 5.02 Å². The summed E-state index contributed by atoms with van der Waals surface area (Å²) in [6.45, 7) is 3.89. The van der Waals surface area contributed by atoms with E-state index in [1.807, 2.05) is 13.8 Å². The molecule has 0 unspecified atom stereocenters. The van der Waals surface area contributed by atoms with Gasteiger partial charge in [-0.1, -0.05) is 41.4 Å². The highest BCUT2D eigenvalue weighted by atomic mass is 79.9. The lowest BCUT2D eigenvalue weighted by Gasteiger charge is -2.10. The molecular weight excluding hydrogens is 356 g/mol.